The maximum atomic E-state index is 11.8. The average molecular weight is 267 g/mol. The minimum atomic E-state index is 0.296. The molecule has 2 nitrogen and oxygen atoms in total. The van der Waals surface area contributed by atoms with Gasteiger partial charge in [0.25, 0.3) is 0 Å². The molecule has 1 aromatic heterocycles. The number of ketones is 1. The van der Waals surface area contributed by atoms with Crippen LogP contribution in [0.15, 0.2) is 17.5 Å². The Morgan fingerprint density at radius 3 is 2.78 bits per heavy atom. The normalized spacial score (nSPS) is 12.9. The molecule has 18 heavy (non-hydrogen) atoms. The third-order valence-corrected chi connectivity index (χ3v) is 4.30. The van der Waals surface area contributed by atoms with E-state index in [0.717, 1.165) is 36.9 Å². The fourth-order valence-electron chi connectivity index (χ4n) is 1.97. The lowest BCUT2D eigenvalue weighted by Crippen LogP contribution is -2.29. The fourth-order valence-corrected chi connectivity index (χ4v) is 2.67. The lowest BCUT2D eigenvalue weighted by Gasteiger charge is -2.23. The van der Waals surface area contributed by atoms with Crippen molar-refractivity contribution < 1.29 is 4.79 Å². The standard InChI is InChI=1S/C15H25NOS/c1-4-13(3)12-16(5-2)10-6-8-14(17)15-9-7-11-18-15/h7,9,11,13H,4-6,8,10,12H2,1-3H3. The largest absolute Gasteiger partial charge is 0.303 e. The van der Waals surface area contributed by atoms with Crippen molar-refractivity contribution in [3.8, 4) is 0 Å². The van der Waals surface area contributed by atoms with Gasteiger partial charge in [-0.3, -0.25) is 4.79 Å². The van der Waals surface area contributed by atoms with E-state index in [1.54, 1.807) is 11.3 Å². The summed E-state index contributed by atoms with van der Waals surface area (Å²) in [5.41, 5.74) is 0. The van der Waals surface area contributed by atoms with E-state index < -0.39 is 0 Å². The molecule has 0 spiro atoms. The second-order valence-electron chi connectivity index (χ2n) is 4.91. The van der Waals surface area contributed by atoms with Crippen molar-refractivity contribution >= 4 is 17.1 Å². The molecule has 0 aliphatic rings. The molecule has 1 heterocycles. The molecule has 1 aromatic rings. The summed E-state index contributed by atoms with van der Waals surface area (Å²) >= 11 is 1.55. The van der Waals surface area contributed by atoms with Crippen LogP contribution >= 0.6 is 11.3 Å². The second kappa shape index (κ2) is 8.44. The average Bonchev–Trinajstić information content (AvgIpc) is 2.91. The van der Waals surface area contributed by atoms with E-state index in [0.29, 0.717) is 12.2 Å². The van der Waals surface area contributed by atoms with Crippen molar-refractivity contribution in [1.82, 2.24) is 4.90 Å². The number of hydrogen-bond acceptors (Lipinski definition) is 3. The molecular formula is C15H25NOS. The number of Topliss-reactive ketones (excluding diaryl/α,β-unsaturated/α-hetero) is 1. The first-order valence-electron chi connectivity index (χ1n) is 6.96. The number of nitrogens with zero attached hydrogens (tertiary/aromatic N) is 1. The molecule has 0 aliphatic heterocycles. The van der Waals surface area contributed by atoms with Crippen LogP contribution in [-0.2, 0) is 0 Å². The molecule has 0 amide bonds. The van der Waals surface area contributed by atoms with Crippen molar-refractivity contribution in [3.63, 3.8) is 0 Å². The zero-order valence-electron chi connectivity index (χ0n) is 11.8. The fraction of sp³-hybridized carbons (Fsp3) is 0.667. The highest BCUT2D eigenvalue weighted by atomic mass is 32.1. The van der Waals surface area contributed by atoms with Gasteiger partial charge in [0.05, 0.1) is 4.88 Å². The Balaban J connectivity index is 2.25. The van der Waals surface area contributed by atoms with E-state index in [4.69, 9.17) is 0 Å². The minimum Gasteiger partial charge on any atom is -0.303 e. The zero-order valence-corrected chi connectivity index (χ0v) is 12.6. The predicted octanol–water partition coefficient (Wildman–Crippen LogP) is 4.08. The van der Waals surface area contributed by atoms with Gasteiger partial charge in [-0.25, -0.2) is 0 Å². The summed E-state index contributed by atoms with van der Waals surface area (Å²) in [4.78, 5) is 15.2. The van der Waals surface area contributed by atoms with Gasteiger partial charge in [-0.2, -0.15) is 0 Å². The molecule has 0 N–H and O–H groups in total. The molecule has 0 fully saturated rings. The first-order chi connectivity index (χ1) is 8.67. The Kier molecular flexibility index (Phi) is 7.21. The van der Waals surface area contributed by atoms with Gasteiger partial charge in [0.1, 0.15) is 0 Å². The number of carbonyl (C=O) groups is 1. The number of carbonyl (C=O) groups excluding carboxylic acids is 1. The minimum absolute atomic E-state index is 0.296. The van der Waals surface area contributed by atoms with Crippen molar-refractivity contribution in [2.24, 2.45) is 5.92 Å². The Hall–Kier alpha value is -0.670. The Bertz CT molecular complexity index is 334. The Morgan fingerprint density at radius 2 is 2.22 bits per heavy atom. The molecule has 1 rings (SSSR count). The van der Waals surface area contributed by atoms with Crippen LogP contribution in [0.4, 0.5) is 0 Å². The van der Waals surface area contributed by atoms with Crippen LogP contribution in [0, 0.1) is 5.92 Å². The molecule has 1 atom stereocenters. The van der Waals surface area contributed by atoms with E-state index in [-0.39, 0.29) is 0 Å². The zero-order chi connectivity index (χ0) is 13.4. The van der Waals surface area contributed by atoms with Crippen LogP contribution in [0.2, 0.25) is 0 Å². The van der Waals surface area contributed by atoms with Crippen LogP contribution in [0.5, 0.6) is 0 Å². The van der Waals surface area contributed by atoms with Crippen LogP contribution < -0.4 is 0 Å². The molecule has 0 bridgehead atoms. The molecule has 3 heteroatoms. The highest BCUT2D eigenvalue weighted by molar-refractivity contribution is 7.12. The SMILES string of the molecule is CCC(C)CN(CC)CCCC(=O)c1cccs1. The topological polar surface area (TPSA) is 20.3 Å². The third kappa shape index (κ3) is 5.32. The van der Waals surface area contributed by atoms with Gasteiger partial charge in [-0.05, 0) is 36.9 Å². The van der Waals surface area contributed by atoms with Gasteiger partial charge in [0.15, 0.2) is 5.78 Å². The van der Waals surface area contributed by atoms with Crippen LogP contribution in [0.25, 0.3) is 0 Å². The van der Waals surface area contributed by atoms with Crippen LogP contribution in [0.1, 0.15) is 49.7 Å². The van der Waals surface area contributed by atoms with Crippen molar-refractivity contribution in [3.05, 3.63) is 22.4 Å². The summed E-state index contributed by atoms with van der Waals surface area (Å²) in [6, 6.07) is 3.86. The summed E-state index contributed by atoms with van der Waals surface area (Å²) in [5.74, 6) is 1.04. The number of hydrogen-bond donors (Lipinski definition) is 0. The van der Waals surface area contributed by atoms with Crippen LogP contribution in [-0.4, -0.2) is 30.3 Å². The van der Waals surface area contributed by atoms with E-state index in [2.05, 4.69) is 25.7 Å². The highest BCUT2D eigenvalue weighted by Gasteiger charge is 2.10. The van der Waals surface area contributed by atoms with Gasteiger partial charge < -0.3 is 4.90 Å². The molecule has 0 radical (unpaired) electrons. The maximum absolute atomic E-state index is 11.8. The Labute approximate surface area is 115 Å². The predicted molar refractivity (Wildman–Crippen MR) is 79.5 cm³/mol. The summed E-state index contributed by atoms with van der Waals surface area (Å²) in [7, 11) is 0. The van der Waals surface area contributed by atoms with E-state index in [1.807, 2.05) is 17.5 Å². The Morgan fingerprint density at radius 1 is 1.44 bits per heavy atom. The second-order valence-corrected chi connectivity index (χ2v) is 5.86. The van der Waals surface area contributed by atoms with E-state index in [9.17, 15) is 4.79 Å². The van der Waals surface area contributed by atoms with Crippen molar-refractivity contribution in [2.75, 3.05) is 19.6 Å². The summed E-state index contributed by atoms with van der Waals surface area (Å²) in [6.07, 6.45) is 2.88. The quantitative estimate of drug-likeness (QED) is 0.628. The number of rotatable bonds is 9. The van der Waals surface area contributed by atoms with Crippen LogP contribution in [0.3, 0.4) is 0 Å². The molecule has 0 saturated heterocycles. The first kappa shape index (κ1) is 15.4. The maximum Gasteiger partial charge on any atom is 0.172 e. The van der Waals surface area contributed by atoms with E-state index >= 15 is 0 Å². The first-order valence-corrected chi connectivity index (χ1v) is 7.84. The lowest BCUT2D eigenvalue weighted by molar-refractivity contribution is 0.0978. The van der Waals surface area contributed by atoms with Gasteiger partial charge in [-0.1, -0.05) is 33.3 Å². The summed E-state index contributed by atoms with van der Waals surface area (Å²) in [6.45, 7) is 10.00. The molecule has 1 unspecified atom stereocenters. The summed E-state index contributed by atoms with van der Waals surface area (Å²) < 4.78 is 0. The van der Waals surface area contributed by atoms with Gasteiger partial charge in [0.2, 0.25) is 0 Å². The van der Waals surface area contributed by atoms with Crippen molar-refractivity contribution in [2.45, 2.75) is 40.0 Å². The van der Waals surface area contributed by atoms with E-state index in [1.165, 1.54) is 6.42 Å². The van der Waals surface area contributed by atoms with Gasteiger partial charge in [0, 0.05) is 13.0 Å². The highest BCUT2D eigenvalue weighted by Crippen LogP contribution is 2.13. The number of thiophene rings is 1. The molecule has 102 valence electrons. The van der Waals surface area contributed by atoms with Gasteiger partial charge in [-0.15, -0.1) is 11.3 Å². The molecule has 0 aromatic carbocycles. The third-order valence-electron chi connectivity index (χ3n) is 3.39. The smallest absolute Gasteiger partial charge is 0.172 e. The molecule has 0 saturated carbocycles. The molecular weight excluding hydrogens is 242 g/mol. The van der Waals surface area contributed by atoms with Gasteiger partial charge >= 0.3 is 0 Å². The lowest BCUT2D eigenvalue weighted by atomic mass is 10.1. The monoisotopic (exact) mass is 267 g/mol. The van der Waals surface area contributed by atoms with Crippen molar-refractivity contribution in [1.29, 1.82) is 0 Å². The molecule has 0 aliphatic carbocycles. The summed E-state index contributed by atoms with van der Waals surface area (Å²) in [5, 5.41) is 1.97.